The molecule has 0 saturated carbocycles. The predicted molar refractivity (Wildman–Crippen MR) is 20.5 cm³/mol. The van der Waals surface area contributed by atoms with Gasteiger partial charge in [-0.25, -0.2) is 0 Å². The third-order valence-electron chi connectivity index (χ3n) is 0.386. The Balaban J connectivity index is 3.71. The first-order chi connectivity index (χ1) is 3.30. The third kappa shape index (κ3) is 0.730. The molecule has 0 aliphatic rings. The second kappa shape index (κ2) is 1.52. The van der Waals surface area contributed by atoms with Crippen LogP contribution in [-0.4, -0.2) is 15.2 Å². The summed E-state index contributed by atoms with van der Waals surface area (Å²) in [4.78, 5) is 19.8. The van der Waals surface area contributed by atoms with Crippen molar-refractivity contribution >= 4 is 15.2 Å². The van der Waals surface area contributed by atoms with Crippen molar-refractivity contribution in [1.82, 2.24) is 0 Å². The van der Waals surface area contributed by atoms with Crippen LogP contribution in [0.4, 0.5) is 0 Å². The molecule has 1 aromatic heterocycles. The maximum atomic E-state index is 9.89. The normalized spacial score (nSPS) is 9.14. The van der Waals surface area contributed by atoms with Gasteiger partial charge in [0.2, 0.25) is 0 Å². The fourth-order valence-corrected chi connectivity index (χ4v) is 0.763. The van der Waals surface area contributed by atoms with Crippen LogP contribution in [0.3, 0.4) is 0 Å². The van der Waals surface area contributed by atoms with Crippen LogP contribution in [0.25, 0.3) is 0 Å². The molecule has 1 heterocycles. The molecule has 5 heteroatoms. The van der Waals surface area contributed by atoms with Crippen molar-refractivity contribution in [3.05, 3.63) is 20.8 Å². The van der Waals surface area contributed by atoms with E-state index in [0.717, 1.165) is 0 Å². The van der Waals surface area contributed by atoms with Gasteiger partial charge in [0.05, 0.1) is 0 Å². The molecule has 0 bridgehead atoms. The van der Waals surface area contributed by atoms with E-state index in [1.165, 1.54) is 0 Å². The molecule has 1 rings (SSSR count). The summed E-state index contributed by atoms with van der Waals surface area (Å²) >= 11 is -0.686. The van der Waals surface area contributed by atoms with Crippen molar-refractivity contribution in [3.8, 4) is 0 Å². The second-order valence-electron chi connectivity index (χ2n) is 0.810. The van der Waals surface area contributed by atoms with Crippen LogP contribution >= 0.6 is 0 Å². The fourth-order valence-electron chi connectivity index (χ4n) is 0.147. The molecule has 0 saturated heterocycles. The Morgan fingerprint density at radius 2 is 1.57 bits per heavy atom. The Morgan fingerprint density at radius 3 is 1.71 bits per heavy atom. The summed E-state index contributed by atoms with van der Waals surface area (Å²) in [7, 11) is 0. The van der Waals surface area contributed by atoms with E-state index in [1.54, 1.807) is 0 Å². The molecule has 1 aromatic rings. The summed E-state index contributed by atoms with van der Waals surface area (Å²) in [5, 5.41) is 0. The van der Waals surface area contributed by atoms with Gasteiger partial charge in [0, 0.05) is 0 Å². The molecule has 0 aliphatic carbocycles. The first-order valence-corrected chi connectivity index (χ1v) is 2.80. The van der Waals surface area contributed by atoms with Gasteiger partial charge in [-0.2, -0.15) is 0 Å². The molecule has 0 fully saturated rings. The number of rotatable bonds is 0. The molecule has 0 spiro atoms. The van der Waals surface area contributed by atoms with Gasteiger partial charge in [-0.1, -0.05) is 0 Å². The van der Waals surface area contributed by atoms with Crippen molar-refractivity contribution in [2.45, 2.75) is 0 Å². The van der Waals surface area contributed by atoms with Gasteiger partial charge in [0.1, 0.15) is 0 Å². The van der Waals surface area contributed by atoms with E-state index in [4.69, 9.17) is 0 Å². The Hall–Kier alpha value is -0.541. The molecule has 0 aromatic carbocycles. The second-order valence-corrected chi connectivity index (χ2v) is 1.79. The molecule has 0 aliphatic heterocycles. The van der Waals surface area contributed by atoms with Crippen LogP contribution in [0, 0.1) is 0 Å². The number of hydrogen-bond donors (Lipinski definition) is 0. The maximum absolute atomic E-state index is 9.89. The zero-order chi connectivity index (χ0) is 5.28. The van der Waals surface area contributed by atoms with Crippen LogP contribution in [0.1, 0.15) is 0 Å². The predicted octanol–water partition coefficient (Wildman–Crippen LogP) is -1.35. The van der Waals surface area contributed by atoms with Gasteiger partial charge < -0.3 is 0 Å². The van der Waals surface area contributed by atoms with E-state index in [2.05, 4.69) is 6.96 Å². The minimum atomic E-state index is -0.875. The summed E-state index contributed by atoms with van der Waals surface area (Å²) in [6.07, 6.45) is 0. The summed E-state index contributed by atoms with van der Waals surface area (Å²) in [5.74, 6) is 0. The van der Waals surface area contributed by atoms with Crippen LogP contribution < -0.4 is 11.3 Å². The fraction of sp³-hybridized carbons (Fsp3) is 0. The minimum absolute atomic E-state index is 0.686. The molecule has 0 atom stereocenters. The van der Waals surface area contributed by atoms with E-state index in [0.29, 0.717) is 0 Å². The molecule has 0 amide bonds. The first-order valence-electron chi connectivity index (χ1n) is 1.40. The molecular formula is C2O4Se. The van der Waals surface area contributed by atoms with Gasteiger partial charge >= 0.3 is 43.0 Å². The quantitative estimate of drug-likeness (QED) is 0.354. The Labute approximate surface area is 43.8 Å². The standard InChI is InChI=1S/C2O4Se/c3-1-2(4)6-7-5-1. The van der Waals surface area contributed by atoms with E-state index in [-0.39, 0.29) is 0 Å². The summed E-state index contributed by atoms with van der Waals surface area (Å²) in [6, 6.07) is 0. The molecule has 38 valence electrons. The van der Waals surface area contributed by atoms with Crippen molar-refractivity contribution in [2.75, 3.05) is 0 Å². The molecule has 0 unspecified atom stereocenters. The zero-order valence-electron chi connectivity index (χ0n) is 3.04. The van der Waals surface area contributed by atoms with Crippen LogP contribution in [-0.2, 0) is 0 Å². The average Bonchev–Trinajstić information content (AvgIpc) is 1.91. The first kappa shape index (κ1) is 4.61. The van der Waals surface area contributed by atoms with Crippen molar-refractivity contribution in [2.24, 2.45) is 0 Å². The van der Waals surface area contributed by atoms with Crippen molar-refractivity contribution in [1.29, 1.82) is 0 Å². The zero-order valence-corrected chi connectivity index (χ0v) is 4.75. The van der Waals surface area contributed by atoms with Gasteiger partial charge in [-0.3, -0.25) is 0 Å². The molecular weight excluding hydrogens is 167 g/mol. The van der Waals surface area contributed by atoms with Crippen molar-refractivity contribution < 1.29 is 6.96 Å². The van der Waals surface area contributed by atoms with Crippen molar-refractivity contribution in [3.63, 3.8) is 0 Å². The Kier molecular flexibility index (Phi) is 1.00. The average molecular weight is 167 g/mol. The van der Waals surface area contributed by atoms with Crippen LogP contribution in [0.5, 0.6) is 0 Å². The van der Waals surface area contributed by atoms with E-state index < -0.39 is 26.5 Å². The van der Waals surface area contributed by atoms with E-state index in [1.807, 2.05) is 0 Å². The molecule has 0 N–H and O–H groups in total. The SMILES string of the molecule is O=c1o[se]oc1=O. The van der Waals surface area contributed by atoms with E-state index >= 15 is 0 Å². The van der Waals surface area contributed by atoms with Crippen LogP contribution in [0.15, 0.2) is 16.6 Å². The Bertz CT molecular complexity index is 214. The number of hydrogen-bond acceptors (Lipinski definition) is 4. The van der Waals surface area contributed by atoms with Gasteiger partial charge in [-0.05, 0) is 0 Å². The summed E-state index contributed by atoms with van der Waals surface area (Å²) < 4.78 is 8.23. The monoisotopic (exact) mass is 168 g/mol. The third-order valence-corrected chi connectivity index (χ3v) is 1.31. The van der Waals surface area contributed by atoms with Gasteiger partial charge in [0.25, 0.3) is 0 Å². The summed E-state index contributed by atoms with van der Waals surface area (Å²) in [6.45, 7) is 0. The van der Waals surface area contributed by atoms with Gasteiger partial charge in [0.15, 0.2) is 0 Å². The topological polar surface area (TPSA) is 60.4 Å². The molecule has 0 radical (unpaired) electrons. The Morgan fingerprint density at radius 1 is 1.14 bits per heavy atom. The van der Waals surface area contributed by atoms with Gasteiger partial charge in [-0.15, -0.1) is 0 Å². The molecule has 4 nitrogen and oxygen atoms in total. The molecule has 7 heavy (non-hydrogen) atoms. The summed E-state index contributed by atoms with van der Waals surface area (Å²) in [5.41, 5.74) is -1.75. The van der Waals surface area contributed by atoms with Crippen LogP contribution in [0.2, 0.25) is 0 Å². The van der Waals surface area contributed by atoms with E-state index in [9.17, 15) is 9.59 Å².